The van der Waals surface area contributed by atoms with E-state index < -0.39 is 20.9 Å². The maximum absolute atomic E-state index is 15.0. The average Bonchev–Trinajstić information content (AvgIpc) is 3.53. The number of ether oxygens (including phenoxy) is 3. The molecule has 5 aliphatic rings. The zero-order chi connectivity index (χ0) is 36.9. The monoisotopic (exact) mass is 740 g/mol. The summed E-state index contributed by atoms with van der Waals surface area (Å²) >= 11 is 0. The molecule has 7 atom stereocenters. The van der Waals surface area contributed by atoms with E-state index >= 15 is 4.21 Å². The minimum atomic E-state index is -3.37. The van der Waals surface area contributed by atoms with Crippen molar-refractivity contribution in [3.63, 3.8) is 0 Å². The van der Waals surface area contributed by atoms with E-state index in [1.165, 1.54) is 22.9 Å². The Morgan fingerprint density at radius 2 is 1.98 bits per heavy atom. The van der Waals surface area contributed by atoms with Gasteiger partial charge >= 0.3 is 0 Å². The molecule has 10 nitrogen and oxygen atoms in total. The highest BCUT2D eigenvalue weighted by Gasteiger charge is 2.44. The van der Waals surface area contributed by atoms with Crippen molar-refractivity contribution in [3.8, 4) is 5.75 Å². The van der Waals surface area contributed by atoms with Crippen molar-refractivity contribution in [2.75, 3.05) is 50.7 Å². The number of hydrogen-bond acceptors (Lipinski definition) is 8. The molecule has 11 heteroatoms. The fraction of sp³-hybridized carbons (Fsp3) is 0.548. The van der Waals surface area contributed by atoms with Crippen molar-refractivity contribution in [1.29, 1.82) is 0 Å². The molecule has 282 valence electrons. The molecule has 8 rings (SSSR count). The predicted molar refractivity (Wildman–Crippen MR) is 206 cm³/mol. The molecule has 3 aromatic rings. The van der Waals surface area contributed by atoms with Crippen LogP contribution in [0.15, 0.2) is 65.3 Å². The van der Waals surface area contributed by atoms with E-state index in [-0.39, 0.29) is 35.0 Å². The zero-order valence-corrected chi connectivity index (χ0v) is 32.2. The van der Waals surface area contributed by atoms with Gasteiger partial charge in [-0.2, -0.15) is 9.46 Å². The molecule has 4 heterocycles. The quantitative estimate of drug-likeness (QED) is 0.209. The summed E-state index contributed by atoms with van der Waals surface area (Å²) in [7, 11) is -1.58. The normalized spacial score (nSPS) is 32.3. The van der Waals surface area contributed by atoms with Crippen LogP contribution in [0.4, 0.5) is 5.69 Å². The first-order chi connectivity index (χ1) is 25.6. The van der Waals surface area contributed by atoms with E-state index in [2.05, 4.69) is 51.6 Å². The second-order valence-corrected chi connectivity index (χ2v) is 18.8. The Morgan fingerprint density at radius 3 is 2.74 bits per heavy atom. The van der Waals surface area contributed by atoms with Crippen molar-refractivity contribution < 1.29 is 28.0 Å². The topological polar surface area (TPSA) is 112 Å². The van der Waals surface area contributed by atoms with Crippen LogP contribution in [0.5, 0.6) is 5.75 Å². The smallest absolute Gasteiger partial charge is 0.285 e. The molecule has 1 amide bonds. The minimum absolute atomic E-state index is 0.0414. The molecule has 2 aliphatic carbocycles. The van der Waals surface area contributed by atoms with E-state index in [0.29, 0.717) is 49.2 Å². The molecule has 2 fully saturated rings. The second kappa shape index (κ2) is 14.5. The Kier molecular flexibility index (Phi) is 9.87. The van der Waals surface area contributed by atoms with Crippen LogP contribution in [0.25, 0.3) is 0 Å². The van der Waals surface area contributed by atoms with Crippen LogP contribution in [-0.2, 0) is 31.0 Å². The highest BCUT2D eigenvalue weighted by molar-refractivity contribution is 7.95. The number of methoxy groups -OCH3 is 1. The molecule has 0 radical (unpaired) electrons. The number of amides is 1. The third kappa shape index (κ3) is 6.89. The van der Waals surface area contributed by atoms with Crippen LogP contribution < -0.4 is 9.64 Å². The number of anilines is 1. The van der Waals surface area contributed by atoms with Gasteiger partial charge in [0.1, 0.15) is 5.75 Å². The Morgan fingerprint density at radius 1 is 1.13 bits per heavy atom. The molecular formula is C42H52N4O6S. The van der Waals surface area contributed by atoms with E-state index in [1.807, 2.05) is 26.0 Å². The number of aromatic nitrogens is 2. The van der Waals surface area contributed by atoms with Crippen molar-refractivity contribution in [1.82, 2.24) is 9.78 Å². The number of allylic oxidation sites excluding steroid dienone is 1. The van der Waals surface area contributed by atoms with Crippen molar-refractivity contribution in [2.45, 2.75) is 82.1 Å². The summed E-state index contributed by atoms with van der Waals surface area (Å²) in [6.45, 7) is 9.24. The number of ketones is 1. The van der Waals surface area contributed by atoms with Crippen LogP contribution in [0.1, 0.15) is 89.4 Å². The molecular weight excluding hydrogens is 689 g/mol. The first-order valence-electron chi connectivity index (χ1n) is 19.3. The molecule has 1 spiro atoms. The third-order valence-electron chi connectivity index (χ3n) is 12.8. The molecule has 1 aromatic heterocycles. The van der Waals surface area contributed by atoms with Gasteiger partial charge in [0.15, 0.2) is 5.78 Å². The fourth-order valence-electron chi connectivity index (χ4n) is 9.09. The summed E-state index contributed by atoms with van der Waals surface area (Å²) in [4.78, 5) is 30.4. The molecule has 0 N–H and O–H groups in total. The maximum Gasteiger partial charge on any atom is 0.285 e. The number of nitrogens with zero attached hydrogens (tertiary/aromatic N) is 4. The number of aryl methyl sites for hydroxylation is 2. The molecule has 53 heavy (non-hydrogen) atoms. The van der Waals surface area contributed by atoms with Crippen molar-refractivity contribution >= 4 is 27.1 Å². The van der Waals surface area contributed by atoms with Crippen LogP contribution in [0, 0.1) is 24.7 Å². The summed E-state index contributed by atoms with van der Waals surface area (Å²) in [6.07, 6.45) is 13.4. The van der Waals surface area contributed by atoms with Gasteiger partial charge in [-0.05, 0) is 99.5 Å². The van der Waals surface area contributed by atoms with Gasteiger partial charge in [0.25, 0.3) is 5.91 Å². The summed E-state index contributed by atoms with van der Waals surface area (Å²) in [6, 6.07) is 12.4. The lowest BCUT2D eigenvalue weighted by Gasteiger charge is -2.46. The summed E-state index contributed by atoms with van der Waals surface area (Å²) in [5.74, 6) is 0.107. The van der Waals surface area contributed by atoms with E-state index in [9.17, 15) is 9.59 Å². The number of carbonyl (C=O) groups excluding carboxylic acids is 2. The van der Waals surface area contributed by atoms with Gasteiger partial charge in [0, 0.05) is 42.6 Å². The van der Waals surface area contributed by atoms with Crippen LogP contribution in [0.3, 0.4) is 0 Å². The average molecular weight is 741 g/mol. The Bertz CT molecular complexity index is 2050. The summed E-state index contributed by atoms with van der Waals surface area (Å²) in [5.41, 5.74) is 5.40. The number of Topliss-reactive ketones (excluding diaryl/α,β-unsaturated/α-hetero) is 1. The third-order valence-corrected chi connectivity index (χ3v) is 15.6. The predicted octanol–water partition coefficient (Wildman–Crippen LogP) is 6.75. The molecule has 1 saturated heterocycles. The van der Waals surface area contributed by atoms with Gasteiger partial charge in [-0.15, -0.1) is 0 Å². The largest absolute Gasteiger partial charge is 0.490 e. The highest BCUT2D eigenvalue weighted by Crippen LogP contribution is 2.47. The minimum Gasteiger partial charge on any atom is -0.490 e. The van der Waals surface area contributed by atoms with Gasteiger partial charge in [-0.3, -0.25) is 14.3 Å². The molecule has 1 saturated carbocycles. The first-order valence-corrected chi connectivity index (χ1v) is 21.0. The van der Waals surface area contributed by atoms with Crippen LogP contribution in [0.2, 0.25) is 0 Å². The van der Waals surface area contributed by atoms with E-state index in [1.54, 1.807) is 24.1 Å². The standard InChI is InChI=1S/C42H52N4O6S/c1-27-10-14-36-30(17-27)8-6-16-42(36)25-45-20-32-11-13-35(32)39(50-4)9-5-7-28(2)29(3)53(49,24-38(47)33-19-43-46(21-33)34-22-51-23-34)44-41(48)31-12-15-40(52-26-42)37(45)18-31/h5,9-10,12,14-15,17-19,21,28-29,32,34-35,39H,6-8,11,13,16,20,22-26H2,1-4H3/b9-5+/t28-,29+,32-,35+,39-,42-,53-/m0/s1. The number of carbonyl (C=O) groups is 2. The molecule has 2 bridgehead atoms. The van der Waals surface area contributed by atoms with Crippen LogP contribution in [-0.4, -0.2) is 82.8 Å². The SMILES string of the molecule is CO[C@H]1/C=C/C[C@H](C)[C@@H](C)[S@@](=O)(CC(=O)c2cnn(C3COC3)c2)=NC(=O)c2ccc3c(c2)N(C[C@@H]2CC[C@H]21)C[C@@]1(CCCc2cc(C)ccc21)CO3. The molecule has 0 unspecified atom stereocenters. The fourth-order valence-corrected chi connectivity index (χ4v) is 11.4. The summed E-state index contributed by atoms with van der Waals surface area (Å²) < 4.78 is 39.4. The Labute approximate surface area is 313 Å². The second-order valence-electron chi connectivity index (χ2n) is 16.2. The zero-order valence-electron chi connectivity index (χ0n) is 31.4. The van der Waals surface area contributed by atoms with Gasteiger partial charge in [-0.1, -0.05) is 42.8 Å². The number of rotatable bonds is 5. The lowest BCUT2D eigenvalue weighted by Crippen LogP contribution is -2.49. The van der Waals surface area contributed by atoms with E-state index in [0.717, 1.165) is 56.6 Å². The number of benzene rings is 2. The number of hydrogen-bond donors (Lipinski definition) is 0. The Balaban J connectivity index is 1.19. The lowest BCUT2D eigenvalue weighted by molar-refractivity contribution is -0.0286. The molecule has 2 aromatic carbocycles. The summed E-state index contributed by atoms with van der Waals surface area (Å²) in [5, 5.41) is 3.82. The Hall–Kier alpha value is -3.80. The van der Waals surface area contributed by atoms with Gasteiger partial charge < -0.3 is 19.1 Å². The van der Waals surface area contributed by atoms with Gasteiger partial charge in [0.05, 0.1) is 64.9 Å². The van der Waals surface area contributed by atoms with Crippen molar-refractivity contribution in [2.24, 2.45) is 22.1 Å². The lowest BCUT2D eigenvalue weighted by atomic mass is 9.68. The van der Waals surface area contributed by atoms with Gasteiger partial charge in [-0.25, -0.2) is 4.21 Å². The highest BCUT2D eigenvalue weighted by atomic mass is 32.2. The number of fused-ring (bicyclic) bond motifs is 4. The first kappa shape index (κ1) is 36.2. The van der Waals surface area contributed by atoms with E-state index in [4.69, 9.17) is 14.2 Å². The maximum atomic E-state index is 15.0. The van der Waals surface area contributed by atoms with Gasteiger partial charge in [0.2, 0.25) is 0 Å². The van der Waals surface area contributed by atoms with Crippen molar-refractivity contribution in [3.05, 3.63) is 88.8 Å². The van der Waals surface area contributed by atoms with Crippen LogP contribution >= 0.6 is 0 Å². The molecule has 3 aliphatic heterocycles.